The zero-order chi connectivity index (χ0) is 18.2. The fourth-order valence-corrected chi connectivity index (χ4v) is 3.74. The quantitative estimate of drug-likeness (QED) is 0.755. The van der Waals surface area contributed by atoms with Gasteiger partial charge in [-0.1, -0.05) is 13.8 Å². The number of piperidine rings is 1. The third kappa shape index (κ3) is 3.01. The smallest absolute Gasteiger partial charge is 0.327 e. The van der Waals surface area contributed by atoms with Crippen LogP contribution < -0.4 is 0 Å². The molecular weight excluding hydrogens is 322 g/mol. The summed E-state index contributed by atoms with van der Waals surface area (Å²) < 4.78 is 1.73. The van der Waals surface area contributed by atoms with E-state index in [0.717, 1.165) is 0 Å². The van der Waals surface area contributed by atoms with E-state index in [0.29, 0.717) is 32.5 Å². The van der Waals surface area contributed by atoms with Gasteiger partial charge in [-0.05, 0) is 18.8 Å². The fourth-order valence-electron chi connectivity index (χ4n) is 3.74. The minimum atomic E-state index is -0.790. The lowest BCUT2D eigenvalue weighted by molar-refractivity contribution is -0.141. The van der Waals surface area contributed by atoms with Gasteiger partial charge in [0.1, 0.15) is 12.1 Å². The van der Waals surface area contributed by atoms with Crippen molar-refractivity contribution in [2.24, 2.45) is 5.92 Å². The Hall–Kier alpha value is -2.38. The SMILES string of the molecule is CC(C)CN1C(=O)N(C)C(=O)C12CCN(C(=O)Cn1ccnc1)CC2. The maximum atomic E-state index is 12.8. The highest BCUT2D eigenvalue weighted by Gasteiger charge is 2.57. The van der Waals surface area contributed by atoms with Crippen LogP contribution in [-0.4, -0.2) is 74.3 Å². The Labute approximate surface area is 147 Å². The molecule has 3 rings (SSSR count). The van der Waals surface area contributed by atoms with Crippen LogP contribution in [0.15, 0.2) is 18.7 Å². The van der Waals surface area contributed by atoms with Gasteiger partial charge in [0.15, 0.2) is 0 Å². The van der Waals surface area contributed by atoms with Gasteiger partial charge in [-0.2, -0.15) is 0 Å². The number of imidazole rings is 1. The van der Waals surface area contributed by atoms with Gasteiger partial charge in [0.2, 0.25) is 5.91 Å². The average molecular weight is 347 g/mol. The fraction of sp³-hybridized carbons (Fsp3) is 0.647. The van der Waals surface area contributed by atoms with E-state index in [1.807, 2.05) is 13.8 Å². The minimum absolute atomic E-state index is 0.00777. The third-order valence-electron chi connectivity index (χ3n) is 5.11. The summed E-state index contributed by atoms with van der Waals surface area (Å²) in [7, 11) is 1.54. The summed E-state index contributed by atoms with van der Waals surface area (Å²) >= 11 is 0. The van der Waals surface area contributed by atoms with Crippen molar-refractivity contribution in [2.45, 2.75) is 38.8 Å². The first-order chi connectivity index (χ1) is 11.8. The zero-order valence-corrected chi connectivity index (χ0v) is 15.0. The maximum absolute atomic E-state index is 12.8. The monoisotopic (exact) mass is 347 g/mol. The van der Waals surface area contributed by atoms with Crippen LogP contribution in [0.3, 0.4) is 0 Å². The van der Waals surface area contributed by atoms with Gasteiger partial charge in [-0.3, -0.25) is 14.5 Å². The van der Waals surface area contributed by atoms with Crippen molar-refractivity contribution >= 4 is 17.8 Å². The summed E-state index contributed by atoms with van der Waals surface area (Å²) in [6, 6.07) is -0.225. The standard InChI is InChI=1S/C17H25N5O3/c1-13(2)10-22-16(25)19(3)15(24)17(22)4-7-21(8-5-17)14(23)11-20-9-6-18-12-20/h6,9,12-13H,4-5,7-8,10-11H2,1-3H3. The molecule has 8 heteroatoms. The van der Waals surface area contributed by atoms with Crippen LogP contribution in [0.25, 0.3) is 0 Å². The number of urea groups is 1. The topological polar surface area (TPSA) is 78.8 Å². The van der Waals surface area contributed by atoms with Crippen LogP contribution >= 0.6 is 0 Å². The number of hydrogen-bond acceptors (Lipinski definition) is 4. The lowest BCUT2D eigenvalue weighted by Gasteiger charge is -2.42. The van der Waals surface area contributed by atoms with Crippen molar-refractivity contribution in [3.63, 3.8) is 0 Å². The van der Waals surface area contributed by atoms with Crippen molar-refractivity contribution in [1.82, 2.24) is 24.3 Å². The molecule has 25 heavy (non-hydrogen) atoms. The van der Waals surface area contributed by atoms with Crippen molar-refractivity contribution in [2.75, 3.05) is 26.7 Å². The molecule has 0 N–H and O–H groups in total. The summed E-state index contributed by atoms with van der Waals surface area (Å²) in [5.41, 5.74) is -0.790. The van der Waals surface area contributed by atoms with Gasteiger partial charge in [0, 0.05) is 39.1 Å². The number of carbonyl (C=O) groups excluding carboxylic acids is 3. The van der Waals surface area contributed by atoms with Gasteiger partial charge < -0.3 is 14.4 Å². The van der Waals surface area contributed by atoms with Crippen molar-refractivity contribution in [3.8, 4) is 0 Å². The van der Waals surface area contributed by atoms with Crippen LogP contribution in [0, 0.1) is 5.92 Å². The Morgan fingerprint density at radius 1 is 1.28 bits per heavy atom. The van der Waals surface area contributed by atoms with E-state index in [1.165, 1.54) is 4.90 Å². The number of amides is 4. The molecule has 0 bridgehead atoms. The number of likely N-dealkylation sites (tertiary alicyclic amines) is 1. The molecule has 2 fully saturated rings. The number of carbonyl (C=O) groups is 3. The second-order valence-electron chi connectivity index (χ2n) is 7.30. The maximum Gasteiger partial charge on any atom is 0.327 e. The number of hydrogen-bond donors (Lipinski definition) is 0. The van der Waals surface area contributed by atoms with Gasteiger partial charge in [0.05, 0.1) is 6.33 Å². The molecule has 1 aromatic rings. The largest absolute Gasteiger partial charge is 0.341 e. The first-order valence-electron chi connectivity index (χ1n) is 8.68. The van der Waals surface area contributed by atoms with E-state index in [9.17, 15) is 14.4 Å². The van der Waals surface area contributed by atoms with E-state index in [2.05, 4.69) is 4.98 Å². The Kier molecular flexibility index (Phi) is 4.53. The second kappa shape index (κ2) is 6.50. The highest BCUT2D eigenvalue weighted by molar-refractivity contribution is 6.06. The molecule has 0 atom stereocenters. The summed E-state index contributed by atoms with van der Waals surface area (Å²) in [6.45, 7) is 5.83. The highest BCUT2D eigenvalue weighted by atomic mass is 16.2. The lowest BCUT2D eigenvalue weighted by atomic mass is 9.85. The lowest BCUT2D eigenvalue weighted by Crippen LogP contribution is -2.58. The van der Waals surface area contributed by atoms with Crippen molar-refractivity contribution < 1.29 is 14.4 Å². The molecule has 0 saturated carbocycles. The summed E-state index contributed by atoms with van der Waals surface area (Å²) in [6.07, 6.45) is 5.99. The van der Waals surface area contributed by atoms with Gasteiger partial charge in [-0.15, -0.1) is 0 Å². The third-order valence-corrected chi connectivity index (χ3v) is 5.11. The predicted molar refractivity (Wildman–Crippen MR) is 90.5 cm³/mol. The van der Waals surface area contributed by atoms with E-state index in [-0.39, 0.29) is 30.3 Å². The number of aromatic nitrogens is 2. The normalized spacial score (nSPS) is 20.2. The highest BCUT2D eigenvalue weighted by Crippen LogP contribution is 2.37. The van der Waals surface area contributed by atoms with Crippen LogP contribution in [0.4, 0.5) is 4.79 Å². The van der Waals surface area contributed by atoms with Crippen LogP contribution in [-0.2, 0) is 16.1 Å². The zero-order valence-electron chi connectivity index (χ0n) is 15.0. The van der Waals surface area contributed by atoms with E-state index in [1.54, 1.807) is 40.1 Å². The molecule has 3 heterocycles. The van der Waals surface area contributed by atoms with E-state index in [4.69, 9.17) is 0 Å². The number of nitrogens with zero attached hydrogens (tertiary/aromatic N) is 5. The number of imide groups is 1. The number of likely N-dealkylation sites (N-methyl/N-ethyl adjacent to an activating group) is 1. The molecule has 1 spiro atoms. The van der Waals surface area contributed by atoms with Crippen molar-refractivity contribution in [3.05, 3.63) is 18.7 Å². The molecule has 0 aliphatic carbocycles. The van der Waals surface area contributed by atoms with Crippen LogP contribution in [0.1, 0.15) is 26.7 Å². The molecule has 0 unspecified atom stereocenters. The van der Waals surface area contributed by atoms with E-state index < -0.39 is 5.54 Å². The molecule has 136 valence electrons. The molecule has 0 radical (unpaired) electrons. The molecule has 8 nitrogen and oxygen atoms in total. The van der Waals surface area contributed by atoms with Gasteiger partial charge in [0.25, 0.3) is 5.91 Å². The first-order valence-corrected chi connectivity index (χ1v) is 8.68. The Morgan fingerprint density at radius 3 is 2.52 bits per heavy atom. The van der Waals surface area contributed by atoms with Crippen LogP contribution in [0.5, 0.6) is 0 Å². The Balaban J connectivity index is 1.71. The molecule has 4 amide bonds. The van der Waals surface area contributed by atoms with Gasteiger partial charge >= 0.3 is 6.03 Å². The summed E-state index contributed by atoms with van der Waals surface area (Å²) in [5, 5.41) is 0. The minimum Gasteiger partial charge on any atom is -0.341 e. The summed E-state index contributed by atoms with van der Waals surface area (Å²) in [4.78, 5) is 46.4. The molecule has 2 aliphatic rings. The Morgan fingerprint density at radius 2 is 1.96 bits per heavy atom. The average Bonchev–Trinajstić information content (AvgIpc) is 3.15. The molecule has 0 aromatic carbocycles. The molecular formula is C17H25N5O3. The Bertz CT molecular complexity index is 662. The molecule has 2 aliphatic heterocycles. The molecule has 2 saturated heterocycles. The van der Waals surface area contributed by atoms with Crippen LogP contribution in [0.2, 0.25) is 0 Å². The van der Waals surface area contributed by atoms with Crippen molar-refractivity contribution in [1.29, 1.82) is 0 Å². The number of rotatable bonds is 4. The predicted octanol–water partition coefficient (Wildman–Crippen LogP) is 0.794. The summed E-state index contributed by atoms with van der Waals surface area (Å²) in [5.74, 6) is 0.147. The van der Waals surface area contributed by atoms with E-state index >= 15 is 0 Å². The second-order valence-corrected chi connectivity index (χ2v) is 7.30. The molecule has 1 aromatic heterocycles. The first kappa shape index (κ1) is 17.4. The van der Waals surface area contributed by atoms with Gasteiger partial charge in [-0.25, -0.2) is 9.78 Å².